The highest BCUT2D eigenvalue weighted by Crippen LogP contribution is 2.05. The molecule has 2 aromatic heterocycles. The van der Waals surface area contributed by atoms with Crippen molar-refractivity contribution in [3.8, 4) is 0 Å². The molecule has 16 heavy (non-hydrogen) atoms. The van der Waals surface area contributed by atoms with Crippen LogP contribution in [0.3, 0.4) is 0 Å². The first-order chi connectivity index (χ1) is 7.83. The molecule has 2 rings (SSSR count). The van der Waals surface area contributed by atoms with E-state index in [0.29, 0.717) is 0 Å². The molecule has 0 saturated carbocycles. The summed E-state index contributed by atoms with van der Waals surface area (Å²) in [6.45, 7) is 5.97. The number of aryl methyl sites for hydroxylation is 2. The Kier molecular flexibility index (Phi) is 3.29. The lowest BCUT2D eigenvalue weighted by molar-refractivity contribution is 0.611. The van der Waals surface area contributed by atoms with E-state index in [9.17, 15) is 0 Å². The summed E-state index contributed by atoms with van der Waals surface area (Å²) >= 11 is 0. The first kappa shape index (κ1) is 10.8. The average molecular weight is 218 g/mol. The molecule has 0 saturated heterocycles. The van der Waals surface area contributed by atoms with Crippen LogP contribution in [0.1, 0.15) is 25.2 Å². The summed E-state index contributed by atoms with van der Waals surface area (Å²) in [5.74, 6) is 0. The summed E-state index contributed by atoms with van der Waals surface area (Å²) in [5.41, 5.74) is 5.70. The van der Waals surface area contributed by atoms with Gasteiger partial charge in [-0.05, 0) is 31.5 Å². The maximum atomic E-state index is 4.51. The summed E-state index contributed by atoms with van der Waals surface area (Å²) in [5, 5.41) is 4.51. The Bertz CT molecular complexity index is 428. The van der Waals surface area contributed by atoms with Gasteiger partial charge in [-0.1, -0.05) is 6.92 Å². The predicted molar refractivity (Wildman–Crippen MR) is 64.8 cm³/mol. The predicted octanol–water partition coefficient (Wildman–Crippen LogP) is 2.01. The quantitative estimate of drug-likeness (QED) is 0.833. The number of rotatable bonds is 5. The van der Waals surface area contributed by atoms with Gasteiger partial charge in [0.25, 0.3) is 0 Å². The highest BCUT2D eigenvalue weighted by molar-refractivity contribution is 5.12. The maximum Gasteiger partial charge on any atom is 0.0733 e. The molecular formula is C12H18N4. The second kappa shape index (κ2) is 4.88. The number of nitrogens with zero attached hydrogens (tertiary/aromatic N) is 3. The van der Waals surface area contributed by atoms with Crippen molar-refractivity contribution in [1.82, 2.24) is 14.5 Å². The van der Waals surface area contributed by atoms with Gasteiger partial charge in [0.2, 0.25) is 0 Å². The number of hydrogen-bond donors (Lipinski definition) is 1. The first-order valence-corrected chi connectivity index (χ1v) is 5.76. The van der Waals surface area contributed by atoms with Crippen LogP contribution >= 0.6 is 0 Å². The van der Waals surface area contributed by atoms with E-state index in [0.717, 1.165) is 25.2 Å². The van der Waals surface area contributed by atoms with Crippen LogP contribution in [0.4, 0.5) is 0 Å². The summed E-state index contributed by atoms with van der Waals surface area (Å²) in [4.78, 5) is 0. The first-order valence-electron chi connectivity index (χ1n) is 5.76. The molecule has 0 bridgehead atoms. The highest BCUT2D eigenvalue weighted by atomic mass is 15.4. The minimum absolute atomic E-state index is 0.801. The zero-order valence-electron chi connectivity index (χ0n) is 9.85. The van der Waals surface area contributed by atoms with E-state index in [1.54, 1.807) is 0 Å². The molecule has 0 aromatic carbocycles. The Labute approximate surface area is 95.9 Å². The molecule has 0 atom stereocenters. The Morgan fingerprint density at radius 1 is 1.25 bits per heavy atom. The summed E-state index contributed by atoms with van der Waals surface area (Å²) < 4.78 is 4.01. The standard InChI is InChI=1S/C12H18N4/c1-3-11-9-12(16(4-2)14-11)10-13-15-7-5-6-8-15/h5-9,13H,3-4,10H2,1-2H3. The SMILES string of the molecule is CCc1cc(CNn2cccc2)n(CC)n1. The smallest absolute Gasteiger partial charge is 0.0733 e. The third-order valence-electron chi connectivity index (χ3n) is 2.62. The molecule has 0 unspecified atom stereocenters. The fourth-order valence-corrected chi connectivity index (χ4v) is 1.72. The molecule has 0 aliphatic rings. The zero-order chi connectivity index (χ0) is 11.4. The van der Waals surface area contributed by atoms with E-state index < -0.39 is 0 Å². The Morgan fingerprint density at radius 2 is 2.00 bits per heavy atom. The molecule has 2 aromatic rings. The van der Waals surface area contributed by atoms with Gasteiger partial charge in [0.05, 0.1) is 17.9 Å². The number of aromatic nitrogens is 3. The monoisotopic (exact) mass is 218 g/mol. The molecule has 0 spiro atoms. The van der Waals surface area contributed by atoms with Crippen molar-refractivity contribution in [1.29, 1.82) is 0 Å². The van der Waals surface area contributed by atoms with Crippen molar-refractivity contribution in [2.45, 2.75) is 33.4 Å². The lowest BCUT2D eigenvalue weighted by atomic mass is 10.3. The van der Waals surface area contributed by atoms with Gasteiger partial charge < -0.3 is 5.43 Å². The van der Waals surface area contributed by atoms with E-state index in [-0.39, 0.29) is 0 Å². The third kappa shape index (κ3) is 2.27. The Hall–Kier alpha value is -1.71. The fourth-order valence-electron chi connectivity index (χ4n) is 1.72. The molecule has 1 N–H and O–H groups in total. The molecular weight excluding hydrogens is 200 g/mol. The molecule has 0 aliphatic carbocycles. The van der Waals surface area contributed by atoms with Crippen LogP contribution in [0.15, 0.2) is 30.6 Å². The van der Waals surface area contributed by atoms with Gasteiger partial charge in [-0.2, -0.15) is 5.10 Å². The molecule has 0 fully saturated rings. The van der Waals surface area contributed by atoms with Gasteiger partial charge in [-0.3, -0.25) is 9.36 Å². The van der Waals surface area contributed by atoms with E-state index in [1.807, 2.05) is 29.2 Å². The van der Waals surface area contributed by atoms with Crippen molar-refractivity contribution in [3.05, 3.63) is 42.0 Å². The maximum absolute atomic E-state index is 4.51. The lowest BCUT2D eigenvalue weighted by Crippen LogP contribution is -2.15. The molecule has 0 aliphatic heterocycles. The van der Waals surface area contributed by atoms with Gasteiger partial charge in [0.1, 0.15) is 0 Å². The average Bonchev–Trinajstić information content (AvgIpc) is 2.95. The van der Waals surface area contributed by atoms with Crippen LogP contribution in [0.25, 0.3) is 0 Å². The van der Waals surface area contributed by atoms with Crippen LogP contribution in [0.5, 0.6) is 0 Å². The number of hydrogen-bond acceptors (Lipinski definition) is 2. The van der Waals surface area contributed by atoms with Crippen molar-refractivity contribution >= 4 is 0 Å². The second-order valence-corrected chi connectivity index (χ2v) is 3.72. The molecule has 0 amide bonds. The summed E-state index contributed by atoms with van der Waals surface area (Å²) in [6, 6.07) is 6.17. The Morgan fingerprint density at radius 3 is 2.62 bits per heavy atom. The van der Waals surface area contributed by atoms with Crippen LogP contribution in [-0.2, 0) is 19.5 Å². The van der Waals surface area contributed by atoms with Gasteiger partial charge in [-0.25, -0.2) is 0 Å². The minimum Gasteiger partial charge on any atom is -0.320 e. The molecule has 4 nitrogen and oxygen atoms in total. The van der Waals surface area contributed by atoms with Crippen LogP contribution < -0.4 is 5.43 Å². The fraction of sp³-hybridized carbons (Fsp3) is 0.417. The van der Waals surface area contributed by atoms with E-state index >= 15 is 0 Å². The zero-order valence-corrected chi connectivity index (χ0v) is 9.85. The molecule has 2 heterocycles. The Balaban J connectivity index is 2.05. The highest BCUT2D eigenvalue weighted by Gasteiger charge is 2.04. The van der Waals surface area contributed by atoms with Crippen LogP contribution in [0, 0.1) is 0 Å². The van der Waals surface area contributed by atoms with Crippen LogP contribution in [0.2, 0.25) is 0 Å². The van der Waals surface area contributed by atoms with Crippen molar-refractivity contribution in [2.24, 2.45) is 0 Å². The molecule has 86 valence electrons. The van der Waals surface area contributed by atoms with Gasteiger partial charge >= 0.3 is 0 Å². The largest absolute Gasteiger partial charge is 0.320 e. The summed E-state index contributed by atoms with van der Waals surface area (Å²) in [6.07, 6.45) is 4.98. The van der Waals surface area contributed by atoms with Gasteiger partial charge in [-0.15, -0.1) is 0 Å². The molecule has 0 radical (unpaired) electrons. The van der Waals surface area contributed by atoms with Gasteiger partial charge in [0, 0.05) is 18.9 Å². The minimum atomic E-state index is 0.801. The van der Waals surface area contributed by atoms with E-state index in [4.69, 9.17) is 0 Å². The van der Waals surface area contributed by atoms with Crippen LogP contribution in [-0.4, -0.2) is 14.5 Å². The number of nitrogens with one attached hydrogen (secondary N) is 1. The topological polar surface area (TPSA) is 34.8 Å². The van der Waals surface area contributed by atoms with Gasteiger partial charge in [0.15, 0.2) is 0 Å². The van der Waals surface area contributed by atoms with E-state index in [1.165, 1.54) is 5.69 Å². The van der Waals surface area contributed by atoms with Crippen molar-refractivity contribution in [3.63, 3.8) is 0 Å². The molecule has 4 heteroatoms. The van der Waals surface area contributed by atoms with Crippen molar-refractivity contribution < 1.29 is 0 Å². The lowest BCUT2D eigenvalue weighted by Gasteiger charge is -2.08. The van der Waals surface area contributed by atoms with Crippen molar-refractivity contribution in [2.75, 3.05) is 5.43 Å². The summed E-state index contributed by atoms with van der Waals surface area (Å²) in [7, 11) is 0. The normalized spacial score (nSPS) is 10.6. The van der Waals surface area contributed by atoms with E-state index in [2.05, 4.69) is 35.1 Å². The third-order valence-corrected chi connectivity index (χ3v) is 2.62. The second-order valence-electron chi connectivity index (χ2n) is 3.72.